The lowest BCUT2D eigenvalue weighted by atomic mass is 10.1. The standard InChI is InChI=1S/C19H24N2O3S/c1-13-6-10-18(11-7-13)21(25(5,23)24)16(4)19(22)20-17-9-8-14(2)15(3)12-17/h6-12,16H,1-5H3,(H,20,22)/t16-/m1/s1. The van der Waals surface area contributed by atoms with E-state index >= 15 is 0 Å². The van der Waals surface area contributed by atoms with Crippen molar-refractivity contribution in [1.82, 2.24) is 0 Å². The summed E-state index contributed by atoms with van der Waals surface area (Å²) < 4.78 is 25.7. The van der Waals surface area contributed by atoms with Gasteiger partial charge in [0.05, 0.1) is 11.9 Å². The predicted molar refractivity (Wildman–Crippen MR) is 103 cm³/mol. The SMILES string of the molecule is Cc1ccc(N([C@H](C)C(=O)Nc2ccc(C)c(C)c2)S(C)(=O)=O)cc1. The van der Waals surface area contributed by atoms with Crippen LogP contribution in [0, 0.1) is 20.8 Å². The second-order valence-electron chi connectivity index (χ2n) is 6.36. The molecule has 0 saturated carbocycles. The quantitative estimate of drug-likeness (QED) is 0.888. The number of sulfonamides is 1. The number of carbonyl (C=O) groups is 1. The molecule has 0 aliphatic rings. The normalized spacial score (nSPS) is 12.5. The molecule has 0 heterocycles. The number of nitrogens with one attached hydrogen (secondary N) is 1. The van der Waals surface area contributed by atoms with Gasteiger partial charge in [0, 0.05) is 5.69 Å². The average Bonchev–Trinajstić information content (AvgIpc) is 2.51. The van der Waals surface area contributed by atoms with Crippen molar-refractivity contribution in [3.8, 4) is 0 Å². The first-order valence-electron chi connectivity index (χ1n) is 8.04. The molecule has 2 aromatic rings. The fraction of sp³-hybridized carbons (Fsp3) is 0.316. The molecule has 1 N–H and O–H groups in total. The smallest absolute Gasteiger partial charge is 0.247 e. The Morgan fingerprint density at radius 2 is 1.60 bits per heavy atom. The Kier molecular flexibility index (Phi) is 5.52. The van der Waals surface area contributed by atoms with Crippen LogP contribution in [-0.4, -0.2) is 26.6 Å². The van der Waals surface area contributed by atoms with Crippen molar-refractivity contribution in [2.24, 2.45) is 0 Å². The zero-order valence-corrected chi connectivity index (χ0v) is 16.0. The van der Waals surface area contributed by atoms with Crippen LogP contribution in [0.25, 0.3) is 0 Å². The second kappa shape index (κ2) is 7.27. The van der Waals surface area contributed by atoms with Crippen LogP contribution in [-0.2, 0) is 14.8 Å². The Labute approximate surface area is 149 Å². The van der Waals surface area contributed by atoms with Gasteiger partial charge in [-0.25, -0.2) is 8.42 Å². The predicted octanol–water partition coefficient (Wildman–Crippen LogP) is 3.41. The minimum atomic E-state index is -3.61. The largest absolute Gasteiger partial charge is 0.324 e. The summed E-state index contributed by atoms with van der Waals surface area (Å²) in [5.41, 5.74) is 4.32. The minimum Gasteiger partial charge on any atom is -0.324 e. The molecule has 6 heteroatoms. The highest BCUT2D eigenvalue weighted by atomic mass is 32.2. The Morgan fingerprint density at radius 3 is 2.12 bits per heavy atom. The van der Waals surface area contributed by atoms with E-state index in [0.29, 0.717) is 11.4 Å². The second-order valence-corrected chi connectivity index (χ2v) is 8.22. The first-order valence-corrected chi connectivity index (χ1v) is 9.88. The molecule has 0 spiro atoms. The van der Waals surface area contributed by atoms with Crippen LogP contribution < -0.4 is 9.62 Å². The van der Waals surface area contributed by atoms with Gasteiger partial charge in [0.1, 0.15) is 6.04 Å². The number of carbonyl (C=O) groups excluding carboxylic acids is 1. The summed E-state index contributed by atoms with van der Waals surface area (Å²) in [5.74, 6) is -0.380. The summed E-state index contributed by atoms with van der Waals surface area (Å²) in [6.07, 6.45) is 1.10. The first-order chi connectivity index (χ1) is 11.6. The summed E-state index contributed by atoms with van der Waals surface area (Å²) >= 11 is 0. The molecule has 25 heavy (non-hydrogen) atoms. The average molecular weight is 360 g/mol. The van der Waals surface area contributed by atoms with Gasteiger partial charge in [-0.3, -0.25) is 9.10 Å². The zero-order valence-electron chi connectivity index (χ0n) is 15.2. The molecule has 2 aromatic carbocycles. The third kappa shape index (κ3) is 4.60. The van der Waals surface area contributed by atoms with Crippen LogP contribution in [0.15, 0.2) is 42.5 Å². The zero-order chi connectivity index (χ0) is 18.8. The Balaban J connectivity index is 2.29. The Bertz CT molecular complexity index is 874. The molecule has 134 valence electrons. The molecular formula is C19H24N2O3S. The number of rotatable bonds is 5. The van der Waals surface area contributed by atoms with Crippen LogP contribution in [0.4, 0.5) is 11.4 Å². The third-order valence-electron chi connectivity index (χ3n) is 4.15. The molecule has 1 amide bonds. The van der Waals surface area contributed by atoms with Gasteiger partial charge in [-0.15, -0.1) is 0 Å². The van der Waals surface area contributed by atoms with E-state index < -0.39 is 16.1 Å². The van der Waals surface area contributed by atoms with Crippen LogP contribution in [0.5, 0.6) is 0 Å². The van der Waals surface area contributed by atoms with E-state index in [4.69, 9.17) is 0 Å². The van der Waals surface area contributed by atoms with Crippen molar-refractivity contribution < 1.29 is 13.2 Å². The van der Waals surface area contributed by atoms with Crippen molar-refractivity contribution >= 4 is 27.3 Å². The van der Waals surface area contributed by atoms with Crippen molar-refractivity contribution in [1.29, 1.82) is 0 Å². The highest BCUT2D eigenvalue weighted by Crippen LogP contribution is 2.22. The lowest BCUT2D eigenvalue weighted by Crippen LogP contribution is -2.45. The van der Waals surface area contributed by atoms with Crippen molar-refractivity contribution in [2.75, 3.05) is 15.9 Å². The first kappa shape index (κ1) is 19.0. The van der Waals surface area contributed by atoms with Gasteiger partial charge in [0.2, 0.25) is 15.9 Å². The molecule has 0 aliphatic heterocycles. The number of hydrogen-bond donors (Lipinski definition) is 1. The maximum absolute atomic E-state index is 12.6. The van der Waals surface area contributed by atoms with Crippen LogP contribution >= 0.6 is 0 Å². The third-order valence-corrected chi connectivity index (χ3v) is 5.39. The van der Waals surface area contributed by atoms with Gasteiger partial charge in [0.25, 0.3) is 0 Å². The lowest BCUT2D eigenvalue weighted by molar-refractivity contribution is -0.116. The Morgan fingerprint density at radius 1 is 1.00 bits per heavy atom. The van der Waals surface area contributed by atoms with E-state index in [1.54, 1.807) is 19.1 Å². The van der Waals surface area contributed by atoms with Crippen LogP contribution in [0.2, 0.25) is 0 Å². The summed E-state index contributed by atoms with van der Waals surface area (Å²) in [5, 5.41) is 2.80. The number of benzene rings is 2. The van der Waals surface area contributed by atoms with E-state index in [1.165, 1.54) is 0 Å². The maximum atomic E-state index is 12.6. The molecule has 1 atom stereocenters. The number of anilines is 2. The molecule has 0 bridgehead atoms. The van der Waals surface area contributed by atoms with Gasteiger partial charge in [-0.05, 0) is 63.1 Å². The fourth-order valence-electron chi connectivity index (χ4n) is 2.57. The molecule has 5 nitrogen and oxygen atoms in total. The molecule has 0 fully saturated rings. The fourth-order valence-corrected chi connectivity index (χ4v) is 3.74. The highest BCUT2D eigenvalue weighted by molar-refractivity contribution is 7.92. The molecule has 0 unspecified atom stereocenters. The number of nitrogens with zero attached hydrogens (tertiary/aromatic N) is 1. The summed E-state index contributed by atoms with van der Waals surface area (Å²) in [7, 11) is -3.61. The van der Waals surface area contributed by atoms with E-state index in [-0.39, 0.29) is 5.91 Å². The van der Waals surface area contributed by atoms with Crippen molar-refractivity contribution in [2.45, 2.75) is 33.7 Å². The number of aryl methyl sites for hydroxylation is 3. The topological polar surface area (TPSA) is 66.5 Å². The molecular weight excluding hydrogens is 336 g/mol. The summed E-state index contributed by atoms with van der Waals surface area (Å²) in [4.78, 5) is 12.6. The monoisotopic (exact) mass is 360 g/mol. The molecule has 0 aromatic heterocycles. The van der Waals surface area contributed by atoms with Gasteiger partial charge < -0.3 is 5.32 Å². The maximum Gasteiger partial charge on any atom is 0.247 e. The molecule has 0 saturated heterocycles. The van der Waals surface area contributed by atoms with Gasteiger partial charge in [-0.1, -0.05) is 23.8 Å². The molecule has 2 rings (SSSR count). The van der Waals surface area contributed by atoms with Gasteiger partial charge in [0.15, 0.2) is 0 Å². The van der Waals surface area contributed by atoms with E-state index in [9.17, 15) is 13.2 Å². The van der Waals surface area contributed by atoms with Crippen molar-refractivity contribution in [3.63, 3.8) is 0 Å². The summed E-state index contributed by atoms with van der Waals surface area (Å²) in [6.45, 7) is 7.46. The number of amides is 1. The van der Waals surface area contributed by atoms with Gasteiger partial charge >= 0.3 is 0 Å². The van der Waals surface area contributed by atoms with E-state index in [0.717, 1.165) is 27.3 Å². The highest BCUT2D eigenvalue weighted by Gasteiger charge is 2.29. The summed E-state index contributed by atoms with van der Waals surface area (Å²) in [6, 6.07) is 11.8. The van der Waals surface area contributed by atoms with Crippen LogP contribution in [0.1, 0.15) is 23.6 Å². The van der Waals surface area contributed by atoms with E-state index in [1.807, 2.05) is 51.1 Å². The van der Waals surface area contributed by atoms with E-state index in [2.05, 4.69) is 5.32 Å². The minimum absolute atomic E-state index is 0.380. The van der Waals surface area contributed by atoms with Crippen molar-refractivity contribution in [3.05, 3.63) is 59.2 Å². The van der Waals surface area contributed by atoms with Crippen LogP contribution in [0.3, 0.4) is 0 Å². The lowest BCUT2D eigenvalue weighted by Gasteiger charge is -2.28. The van der Waals surface area contributed by atoms with Gasteiger partial charge in [-0.2, -0.15) is 0 Å². The Hall–Kier alpha value is -2.34. The molecule has 0 aliphatic carbocycles. The molecule has 0 radical (unpaired) electrons. The number of hydrogen-bond acceptors (Lipinski definition) is 3.